The number of hydrogen-bond donors (Lipinski definition) is 1. The maximum absolute atomic E-state index is 5.82. The fourth-order valence-corrected chi connectivity index (χ4v) is 3.78. The predicted octanol–water partition coefficient (Wildman–Crippen LogP) is 3.95. The third-order valence-electron chi connectivity index (χ3n) is 3.63. The van der Waals surface area contributed by atoms with Gasteiger partial charge in [0.05, 0.1) is 11.7 Å². The summed E-state index contributed by atoms with van der Waals surface area (Å²) in [5.41, 5.74) is 1.25. The molecule has 2 aromatic rings. The molecule has 19 heavy (non-hydrogen) atoms. The number of aromatic nitrogens is 1. The number of thiazole rings is 1. The summed E-state index contributed by atoms with van der Waals surface area (Å²) in [5.74, 6) is 1.96. The number of hydrogen-bond acceptors (Lipinski definition) is 4. The lowest BCUT2D eigenvalue weighted by atomic mass is 9.98. The van der Waals surface area contributed by atoms with Crippen molar-refractivity contribution in [2.75, 3.05) is 6.54 Å². The van der Waals surface area contributed by atoms with Crippen LogP contribution < -0.4 is 5.32 Å². The number of aryl methyl sites for hydroxylation is 2. The Kier molecular flexibility index (Phi) is 3.71. The highest BCUT2D eigenvalue weighted by Crippen LogP contribution is 2.37. The van der Waals surface area contributed by atoms with E-state index in [9.17, 15) is 0 Å². The molecule has 3 nitrogen and oxygen atoms in total. The minimum atomic E-state index is 0.430. The van der Waals surface area contributed by atoms with E-state index in [-0.39, 0.29) is 0 Å². The second-order valence-electron chi connectivity index (χ2n) is 4.95. The van der Waals surface area contributed by atoms with Gasteiger partial charge in [0, 0.05) is 11.3 Å². The number of nitrogens with one attached hydrogen (secondary N) is 1. The van der Waals surface area contributed by atoms with Gasteiger partial charge in [-0.2, -0.15) is 0 Å². The molecule has 1 N–H and O–H groups in total. The Hall–Kier alpha value is -1.13. The third kappa shape index (κ3) is 2.47. The van der Waals surface area contributed by atoms with Gasteiger partial charge < -0.3 is 9.73 Å². The molecule has 1 unspecified atom stereocenters. The van der Waals surface area contributed by atoms with Crippen LogP contribution in [0.3, 0.4) is 0 Å². The second kappa shape index (κ2) is 5.47. The molecular weight excluding hydrogens is 256 g/mol. The van der Waals surface area contributed by atoms with E-state index in [1.54, 1.807) is 11.3 Å². The fourth-order valence-electron chi connectivity index (χ4n) is 2.65. The first-order valence-corrected chi connectivity index (χ1v) is 7.95. The van der Waals surface area contributed by atoms with Gasteiger partial charge in [-0.3, -0.25) is 0 Å². The van der Waals surface area contributed by atoms with Gasteiger partial charge in [-0.25, -0.2) is 4.98 Å². The van der Waals surface area contributed by atoms with Crippen LogP contribution in [0, 0.1) is 0 Å². The summed E-state index contributed by atoms with van der Waals surface area (Å²) in [5, 5.41) is 4.57. The van der Waals surface area contributed by atoms with Crippen LogP contribution in [0.4, 0.5) is 0 Å². The number of furan rings is 1. The first-order valence-electron chi connectivity index (χ1n) is 7.13. The predicted molar refractivity (Wildman–Crippen MR) is 78.5 cm³/mol. The Labute approximate surface area is 118 Å². The molecule has 0 radical (unpaired) electrons. The molecule has 0 saturated carbocycles. The van der Waals surface area contributed by atoms with E-state index in [4.69, 9.17) is 9.40 Å². The summed E-state index contributed by atoms with van der Waals surface area (Å²) >= 11 is 1.80. The van der Waals surface area contributed by atoms with Crippen molar-refractivity contribution in [1.82, 2.24) is 10.3 Å². The molecule has 1 aliphatic rings. The average molecular weight is 276 g/mol. The fraction of sp³-hybridized carbons (Fsp3) is 0.533. The Morgan fingerprint density at radius 2 is 2.32 bits per heavy atom. The Balaban J connectivity index is 1.92. The molecular formula is C15H20N2OS. The molecule has 1 aliphatic carbocycles. The van der Waals surface area contributed by atoms with Crippen LogP contribution in [0.15, 0.2) is 16.5 Å². The van der Waals surface area contributed by atoms with Crippen LogP contribution in [-0.4, -0.2) is 11.5 Å². The Morgan fingerprint density at radius 1 is 1.42 bits per heavy atom. The lowest BCUT2D eigenvalue weighted by Gasteiger charge is -2.21. The van der Waals surface area contributed by atoms with Crippen molar-refractivity contribution in [1.29, 1.82) is 0 Å². The summed E-state index contributed by atoms with van der Waals surface area (Å²) in [6.45, 7) is 5.26. The Bertz CT molecular complexity index is 558. The molecule has 0 aromatic carbocycles. The molecule has 3 rings (SSSR count). The second-order valence-corrected chi connectivity index (χ2v) is 6.03. The molecule has 4 heteroatoms. The number of rotatable bonds is 4. The maximum Gasteiger partial charge on any atom is 0.162 e. The van der Waals surface area contributed by atoms with E-state index in [2.05, 4.69) is 25.2 Å². The van der Waals surface area contributed by atoms with Crippen molar-refractivity contribution in [2.24, 2.45) is 0 Å². The first-order chi connectivity index (χ1) is 9.31. The van der Waals surface area contributed by atoms with E-state index in [1.165, 1.54) is 23.4 Å². The standard InChI is InChI=1S/C15H20N2OS/c1-3-10-8-9-12(18-10)15-17-14-11(16-4-2)6-5-7-13(14)19-15/h8-9,11,16H,3-7H2,1-2H3. The van der Waals surface area contributed by atoms with Crippen molar-refractivity contribution in [3.05, 3.63) is 28.5 Å². The summed E-state index contributed by atoms with van der Waals surface area (Å²) in [6.07, 6.45) is 4.55. The molecule has 1 atom stereocenters. The van der Waals surface area contributed by atoms with E-state index >= 15 is 0 Å². The van der Waals surface area contributed by atoms with Crippen molar-refractivity contribution in [3.8, 4) is 10.8 Å². The van der Waals surface area contributed by atoms with Crippen molar-refractivity contribution >= 4 is 11.3 Å². The summed E-state index contributed by atoms with van der Waals surface area (Å²) in [4.78, 5) is 6.26. The molecule has 0 aliphatic heterocycles. The monoisotopic (exact) mass is 276 g/mol. The third-order valence-corrected chi connectivity index (χ3v) is 4.77. The first kappa shape index (κ1) is 12.9. The van der Waals surface area contributed by atoms with Gasteiger partial charge >= 0.3 is 0 Å². The van der Waals surface area contributed by atoms with Crippen LogP contribution in [0.25, 0.3) is 10.8 Å². The molecule has 2 aromatic heterocycles. The maximum atomic E-state index is 5.82. The van der Waals surface area contributed by atoms with Gasteiger partial charge in [0.15, 0.2) is 10.8 Å². The Morgan fingerprint density at radius 3 is 3.05 bits per heavy atom. The van der Waals surface area contributed by atoms with Crippen molar-refractivity contribution in [2.45, 2.75) is 45.6 Å². The van der Waals surface area contributed by atoms with Gasteiger partial charge in [0.25, 0.3) is 0 Å². The van der Waals surface area contributed by atoms with Gasteiger partial charge in [-0.1, -0.05) is 13.8 Å². The van der Waals surface area contributed by atoms with Crippen LogP contribution in [-0.2, 0) is 12.8 Å². The van der Waals surface area contributed by atoms with E-state index in [1.807, 2.05) is 6.07 Å². The van der Waals surface area contributed by atoms with E-state index < -0.39 is 0 Å². The highest BCUT2D eigenvalue weighted by molar-refractivity contribution is 7.15. The normalized spacial score (nSPS) is 18.5. The van der Waals surface area contributed by atoms with Gasteiger partial charge in [-0.15, -0.1) is 11.3 Å². The minimum Gasteiger partial charge on any atom is -0.459 e. The zero-order chi connectivity index (χ0) is 13.2. The van der Waals surface area contributed by atoms with E-state index in [0.717, 1.165) is 35.9 Å². The molecule has 0 saturated heterocycles. The largest absolute Gasteiger partial charge is 0.459 e. The topological polar surface area (TPSA) is 38.1 Å². The quantitative estimate of drug-likeness (QED) is 0.918. The molecule has 0 spiro atoms. The number of fused-ring (bicyclic) bond motifs is 1. The van der Waals surface area contributed by atoms with Gasteiger partial charge in [-0.05, 0) is 37.9 Å². The smallest absolute Gasteiger partial charge is 0.162 e. The zero-order valence-electron chi connectivity index (χ0n) is 11.5. The molecule has 2 heterocycles. The summed E-state index contributed by atoms with van der Waals surface area (Å²) in [6, 6.07) is 4.53. The zero-order valence-corrected chi connectivity index (χ0v) is 12.3. The van der Waals surface area contributed by atoms with Gasteiger partial charge in [0.2, 0.25) is 0 Å². The number of nitrogens with zero attached hydrogens (tertiary/aromatic N) is 1. The van der Waals surface area contributed by atoms with Crippen molar-refractivity contribution in [3.63, 3.8) is 0 Å². The lowest BCUT2D eigenvalue weighted by Crippen LogP contribution is -2.24. The highest BCUT2D eigenvalue weighted by Gasteiger charge is 2.25. The van der Waals surface area contributed by atoms with Crippen LogP contribution in [0.1, 0.15) is 49.1 Å². The average Bonchev–Trinajstić information content (AvgIpc) is 3.05. The molecule has 0 fully saturated rings. The molecule has 0 amide bonds. The lowest BCUT2D eigenvalue weighted by molar-refractivity contribution is 0.465. The molecule has 102 valence electrons. The highest BCUT2D eigenvalue weighted by atomic mass is 32.1. The minimum absolute atomic E-state index is 0.430. The van der Waals surface area contributed by atoms with E-state index in [0.29, 0.717) is 6.04 Å². The summed E-state index contributed by atoms with van der Waals surface area (Å²) in [7, 11) is 0. The van der Waals surface area contributed by atoms with Crippen LogP contribution in [0.2, 0.25) is 0 Å². The summed E-state index contributed by atoms with van der Waals surface area (Å²) < 4.78 is 5.82. The van der Waals surface area contributed by atoms with Crippen LogP contribution >= 0.6 is 11.3 Å². The van der Waals surface area contributed by atoms with Crippen LogP contribution in [0.5, 0.6) is 0 Å². The van der Waals surface area contributed by atoms with Gasteiger partial charge in [0.1, 0.15) is 5.76 Å². The SMILES string of the molecule is CCNC1CCCc2sc(-c3ccc(CC)o3)nc21. The van der Waals surface area contributed by atoms with Crippen molar-refractivity contribution < 1.29 is 4.42 Å². The molecule has 0 bridgehead atoms.